The number of hydrogen-bond acceptors (Lipinski definition) is 3. The first-order chi connectivity index (χ1) is 31.3. The zero-order chi connectivity index (χ0) is 41.7. The third-order valence-corrected chi connectivity index (χ3v) is 17.3. The molecule has 9 aromatic carbocycles. The van der Waals surface area contributed by atoms with E-state index >= 15 is 0 Å². The summed E-state index contributed by atoms with van der Waals surface area (Å²) >= 11 is 0. The van der Waals surface area contributed by atoms with Crippen molar-refractivity contribution in [3.05, 3.63) is 237 Å². The highest BCUT2D eigenvalue weighted by molar-refractivity contribution is 7.20. The largest absolute Gasteiger partial charge is 0.278 e. The van der Waals surface area contributed by atoms with Gasteiger partial charge in [0.1, 0.15) is 0 Å². The Kier molecular flexibility index (Phi) is 8.76. The Bertz CT molecular complexity index is 3280. The van der Waals surface area contributed by atoms with E-state index < -0.39 is 8.07 Å². The second-order valence-corrected chi connectivity index (χ2v) is 19.8. The smallest absolute Gasteiger partial charge is 0.240 e. The van der Waals surface area contributed by atoms with E-state index in [1.54, 1.807) is 0 Å². The standard InChI is InChI=1S/C57H39N5Si/c1-5-21-40(22-6-1)41-37-42(39-46(38-41)63(43-23-7-2-8-24-43,44-25-9-3-10-26-44)45-27-11-4-12-28-45)55-58-56(61-51-33-17-13-29-47(51)48-30-14-18-34-52(48)61)60-57(59-55)62-53-35-19-15-31-49(53)50-32-16-20-36-54(50)62/h1-39H. The average molecular weight is 822 g/mol. The number of fused-ring (bicyclic) bond motifs is 6. The molecule has 0 bridgehead atoms. The Balaban J connectivity index is 1.22. The lowest BCUT2D eigenvalue weighted by molar-refractivity contribution is 0.893. The molecule has 5 nitrogen and oxygen atoms in total. The van der Waals surface area contributed by atoms with Crippen LogP contribution in [-0.4, -0.2) is 32.2 Å². The van der Waals surface area contributed by atoms with E-state index in [2.05, 4.69) is 246 Å². The molecule has 296 valence electrons. The highest BCUT2D eigenvalue weighted by Crippen LogP contribution is 2.35. The molecule has 0 aliphatic carbocycles. The minimum atomic E-state index is -2.99. The molecular weight excluding hydrogens is 783 g/mol. The Hall–Kier alpha value is -8.19. The van der Waals surface area contributed by atoms with Gasteiger partial charge in [0.05, 0.1) is 22.1 Å². The first-order valence-electron chi connectivity index (χ1n) is 21.4. The molecule has 63 heavy (non-hydrogen) atoms. The highest BCUT2D eigenvalue weighted by atomic mass is 28.3. The number of aromatic nitrogens is 5. The number of rotatable bonds is 8. The molecule has 0 unspecified atom stereocenters. The van der Waals surface area contributed by atoms with Crippen LogP contribution in [0.1, 0.15) is 0 Å². The summed E-state index contributed by atoms with van der Waals surface area (Å²) in [5.74, 6) is 1.70. The van der Waals surface area contributed by atoms with Crippen LogP contribution in [0.25, 0.3) is 78.0 Å². The van der Waals surface area contributed by atoms with E-state index in [9.17, 15) is 0 Å². The molecule has 0 fully saturated rings. The fourth-order valence-electron chi connectivity index (χ4n) is 9.79. The monoisotopic (exact) mass is 821 g/mol. The molecule has 0 aliphatic rings. The van der Waals surface area contributed by atoms with Crippen LogP contribution in [0.2, 0.25) is 0 Å². The van der Waals surface area contributed by atoms with Crippen LogP contribution in [0.15, 0.2) is 237 Å². The van der Waals surface area contributed by atoms with Crippen molar-refractivity contribution in [2.75, 3.05) is 0 Å². The second kappa shape index (κ2) is 15.1. The van der Waals surface area contributed by atoms with Gasteiger partial charge in [-0.1, -0.05) is 206 Å². The fraction of sp³-hybridized carbons (Fsp3) is 0. The second-order valence-electron chi connectivity index (χ2n) is 16.0. The molecule has 3 aromatic heterocycles. The normalized spacial score (nSPS) is 11.8. The van der Waals surface area contributed by atoms with E-state index in [0.29, 0.717) is 17.7 Å². The lowest BCUT2D eigenvalue weighted by atomic mass is 10.0. The molecule has 12 aromatic rings. The Morgan fingerprint density at radius 1 is 0.270 bits per heavy atom. The highest BCUT2D eigenvalue weighted by Gasteiger charge is 2.42. The number of benzene rings is 9. The average Bonchev–Trinajstić information content (AvgIpc) is 3.89. The van der Waals surface area contributed by atoms with Crippen LogP contribution >= 0.6 is 0 Å². The minimum absolute atomic E-state index is 0.554. The van der Waals surface area contributed by atoms with E-state index in [1.807, 2.05) is 0 Å². The summed E-state index contributed by atoms with van der Waals surface area (Å²) in [6.07, 6.45) is 0. The number of para-hydroxylation sites is 4. The third kappa shape index (κ3) is 5.95. The van der Waals surface area contributed by atoms with Crippen molar-refractivity contribution in [3.8, 4) is 34.4 Å². The summed E-state index contributed by atoms with van der Waals surface area (Å²) in [6.45, 7) is 0. The van der Waals surface area contributed by atoms with E-state index in [1.165, 1.54) is 20.7 Å². The van der Waals surface area contributed by atoms with E-state index in [0.717, 1.165) is 60.3 Å². The minimum Gasteiger partial charge on any atom is -0.278 e. The Morgan fingerprint density at radius 2 is 0.603 bits per heavy atom. The summed E-state index contributed by atoms with van der Waals surface area (Å²) in [6, 6.07) is 85.1. The summed E-state index contributed by atoms with van der Waals surface area (Å²) in [5.41, 5.74) is 7.27. The van der Waals surface area contributed by atoms with Gasteiger partial charge < -0.3 is 0 Å². The third-order valence-electron chi connectivity index (χ3n) is 12.5. The first kappa shape index (κ1) is 36.6. The molecule has 0 saturated heterocycles. The number of nitrogens with zero attached hydrogens (tertiary/aromatic N) is 5. The Morgan fingerprint density at radius 3 is 1.00 bits per heavy atom. The van der Waals surface area contributed by atoms with Gasteiger partial charge in [0.25, 0.3) is 0 Å². The van der Waals surface area contributed by atoms with Gasteiger partial charge in [-0.05, 0) is 62.2 Å². The molecule has 0 amide bonds. The lowest BCUT2D eigenvalue weighted by Gasteiger charge is -2.35. The van der Waals surface area contributed by atoms with Crippen LogP contribution < -0.4 is 20.7 Å². The van der Waals surface area contributed by atoms with Gasteiger partial charge in [-0.15, -0.1) is 0 Å². The van der Waals surface area contributed by atoms with E-state index in [4.69, 9.17) is 15.0 Å². The first-order valence-corrected chi connectivity index (χ1v) is 23.4. The molecule has 6 heteroatoms. The van der Waals surface area contributed by atoms with Crippen molar-refractivity contribution < 1.29 is 0 Å². The summed E-state index contributed by atoms with van der Waals surface area (Å²) in [7, 11) is -2.99. The predicted molar refractivity (Wildman–Crippen MR) is 263 cm³/mol. The van der Waals surface area contributed by atoms with Crippen LogP contribution in [0.4, 0.5) is 0 Å². The number of hydrogen-bond donors (Lipinski definition) is 0. The molecule has 0 atom stereocenters. The van der Waals surface area contributed by atoms with Crippen LogP contribution in [0, 0.1) is 0 Å². The van der Waals surface area contributed by atoms with Crippen molar-refractivity contribution in [1.82, 2.24) is 24.1 Å². The van der Waals surface area contributed by atoms with E-state index in [-0.39, 0.29) is 0 Å². The van der Waals surface area contributed by atoms with Crippen molar-refractivity contribution in [2.24, 2.45) is 0 Å². The quantitative estimate of drug-likeness (QED) is 0.113. The fourth-order valence-corrected chi connectivity index (χ4v) is 14.6. The van der Waals surface area contributed by atoms with Crippen molar-refractivity contribution in [2.45, 2.75) is 0 Å². The lowest BCUT2D eigenvalue weighted by Crippen LogP contribution is -2.74. The summed E-state index contributed by atoms with van der Waals surface area (Å²) in [5, 5.41) is 9.71. The van der Waals surface area contributed by atoms with Crippen molar-refractivity contribution in [1.29, 1.82) is 0 Å². The van der Waals surface area contributed by atoms with Gasteiger partial charge in [0.2, 0.25) is 11.9 Å². The van der Waals surface area contributed by atoms with Crippen molar-refractivity contribution >= 4 is 72.4 Å². The van der Waals surface area contributed by atoms with Gasteiger partial charge in [-0.25, -0.2) is 0 Å². The van der Waals surface area contributed by atoms with Crippen LogP contribution in [-0.2, 0) is 0 Å². The van der Waals surface area contributed by atoms with Gasteiger partial charge in [-0.3, -0.25) is 9.13 Å². The molecule has 3 heterocycles. The maximum Gasteiger partial charge on any atom is 0.240 e. The van der Waals surface area contributed by atoms with Crippen molar-refractivity contribution in [3.63, 3.8) is 0 Å². The van der Waals surface area contributed by atoms with Gasteiger partial charge in [0, 0.05) is 27.1 Å². The predicted octanol–water partition coefficient (Wildman–Crippen LogP) is 10.8. The Labute approximate surface area is 365 Å². The van der Waals surface area contributed by atoms with Crippen LogP contribution in [0.5, 0.6) is 0 Å². The molecule has 0 spiro atoms. The zero-order valence-corrected chi connectivity index (χ0v) is 35.3. The van der Waals surface area contributed by atoms with Crippen LogP contribution in [0.3, 0.4) is 0 Å². The SMILES string of the molecule is c1ccc(-c2cc(-c3nc(-n4c5ccccc5c5ccccc54)nc(-n4c5ccccc5c5ccccc54)n3)cc([Si](c3ccccc3)(c3ccccc3)c3ccccc3)c2)cc1. The summed E-state index contributed by atoms with van der Waals surface area (Å²) in [4.78, 5) is 16.5. The molecule has 0 aliphatic heterocycles. The van der Waals surface area contributed by atoms with Gasteiger partial charge >= 0.3 is 0 Å². The summed E-state index contributed by atoms with van der Waals surface area (Å²) < 4.78 is 4.40. The van der Waals surface area contributed by atoms with Gasteiger partial charge in [-0.2, -0.15) is 15.0 Å². The maximum absolute atomic E-state index is 5.54. The topological polar surface area (TPSA) is 48.5 Å². The maximum atomic E-state index is 5.54. The molecule has 0 saturated carbocycles. The molecule has 0 radical (unpaired) electrons. The zero-order valence-electron chi connectivity index (χ0n) is 34.3. The van der Waals surface area contributed by atoms with Gasteiger partial charge in [0.15, 0.2) is 13.9 Å². The molecular formula is C57H39N5Si. The molecule has 12 rings (SSSR count). The molecule has 0 N–H and O–H groups in total.